The van der Waals surface area contributed by atoms with Gasteiger partial charge in [0.25, 0.3) is 0 Å². The molecule has 0 unspecified atom stereocenters. The van der Waals surface area contributed by atoms with E-state index in [1.165, 1.54) is 25.7 Å². The minimum absolute atomic E-state index is 0.417. The van der Waals surface area contributed by atoms with E-state index in [-0.39, 0.29) is 0 Å². The molecule has 4 atom stereocenters. The van der Waals surface area contributed by atoms with E-state index in [0.717, 1.165) is 35.4 Å². The molecule has 2 aliphatic carbocycles. The van der Waals surface area contributed by atoms with E-state index in [1.54, 1.807) is 6.33 Å². The van der Waals surface area contributed by atoms with Gasteiger partial charge >= 0.3 is 0 Å². The first kappa shape index (κ1) is 14.2. The second kappa shape index (κ2) is 6.01. The summed E-state index contributed by atoms with van der Waals surface area (Å²) in [6, 6.07) is 8.00. The fourth-order valence-corrected chi connectivity index (χ4v) is 4.37. The van der Waals surface area contributed by atoms with E-state index >= 15 is 0 Å². The van der Waals surface area contributed by atoms with E-state index in [9.17, 15) is 5.11 Å². The largest absolute Gasteiger partial charge is 0.389 e. The quantitative estimate of drug-likeness (QED) is 0.892. The van der Waals surface area contributed by atoms with E-state index < -0.39 is 6.10 Å². The van der Waals surface area contributed by atoms with E-state index in [4.69, 9.17) is 4.74 Å². The standard InChI is InChI=1S/C18H24N2O2/c21-16(9-20-12-19-17-3-1-2-4-18(17)20)11-22-10-15-8-13-5-6-14(15)7-13/h1-4,12-16,21H,5-11H2/t13-,14-,15+,16-/m0/s1. The van der Waals surface area contributed by atoms with Crippen LogP contribution in [0.2, 0.25) is 0 Å². The zero-order valence-corrected chi connectivity index (χ0v) is 12.9. The van der Waals surface area contributed by atoms with E-state index in [2.05, 4.69) is 4.98 Å². The molecule has 2 aliphatic rings. The number of para-hydroxylation sites is 2. The molecule has 2 aromatic rings. The molecule has 4 rings (SSSR count). The Kier molecular flexibility index (Phi) is 3.89. The van der Waals surface area contributed by atoms with E-state index in [0.29, 0.717) is 13.2 Å². The lowest BCUT2D eigenvalue weighted by Gasteiger charge is -2.22. The van der Waals surface area contributed by atoms with Gasteiger partial charge in [0.1, 0.15) is 0 Å². The van der Waals surface area contributed by atoms with Crippen LogP contribution < -0.4 is 0 Å². The van der Waals surface area contributed by atoms with Crippen molar-refractivity contribution in [2.45, 2.75) is 38.3 Å². The minimum atomic E-state index is -0.476. The summed E-state index contributed by atoms with van der Waals surface area (Å²) in [6.07, 6.45) is 6.89. The highest BCUT2D eigenvalue weighted by Gasteiger charge is 2.39. The zero-order valence-electron chi connectivity index (χ0n) is 12.9. The van der Waals surface area contributed by atoms with Crippen molar-refractivity contribution < 1.29 is 9.84 Å². The van der Waals surface area contributed by atoms with Gasteiger partial charge in [0.2, 0.25) is 0 Å². The molecule has 118 valence electrons. The van der Waals surface area contributed by atoms with Crippen molar-refractivity contribution in [2.75, 3.05) is 13.2 Å². The maximum atomic E-state index is 10.2. The van der Waals surface area contributed by atoms with Crippen molar-refractivity contribution in [3.63, 3.8) is 0 Å². The molecule has 1 N–H and O–H groups in total. The Morgan fingerprint density at radius 2 is 2.18 bits per heavy atom. The first-order valence-corrected chi connectivity index (χ1v) is 8.45. The number of fused-ring (bicyclic) bond motifs is 3. The summed E-state index contributed by atoms with van der Waals surface area (Å²) in [7, 11) is 0. The highest BCUT2D eigenvalue weighted by atomic mass is 16.5. The van der Waals surface area contributed by atoms with Crippen LogP contribution in [0.4, 0.5) is 0 Å². The van der Waals surface area contributed by atoms with Gasteiger partial charge in [-0.15, -0.1) is 0 Å². The first-order chi connectivity index (χ1) is 10.8. The third-order valence-electron chi connectivity index (χ3n) is 5.46. The normalized spacial score (nSPS) is 28.5. The molecule has 0 aliphatic heterocycles. The van der Waals surface area contributed by atoms with Crippen molar-refractivity contribution in [2.24, 2.45) is 17.8 Å². The average Bonchev–Trinajstić information content (AvgIpc) is 3.23. The highest BCUT2D eigenvalue weighted by Crippen LogP contribution is 2.48. The van der Waals surface area contributed by atoms with Crippen molar-refractivity contribution in [3.8, 4) is 0 Å². The number of ether oxygens (including phenoxy) is 1. The summed E-state index contributed by atoms with van der Waals surface area (Å²) >= 11 is 0. The molecule has 1 aromatic carbocycles. The Balaban J connectivity index is 1.27. The Morgan fingerprint density at radius 3 is 3.00 bits per heavy atom. The summed E-state index contributed by atoms with van der Waals surface area (Å²) in [5, 5.41) is 10.2. The molecule has 0 spiro atoms. The fourth-order valence-electron chi connectivity index (χ4n) is 4.37. The second-order valence-corrected chi connectivity index (χ2v) is 7.01. The summed E-state index contributed by atoms with van der Waals surface area (Å²) < 4.78 is 7.81. The summed E-state index contributed by atoms with van der Waals surface area (Å²) in [4.78, 5) is 4.35. The van der Waals surface area contributed by atoms with Crippen LogP contribution in [0, 0.1) is 17.8 Å². The predicted molar refractivity (Wildman–Crippen MR) is 85.5 cm³/mol. The molecule has 22 heavy (non-hydrogen) atoms. The molecular weight excluding hydrogens is 276 g/mol. The molecule has 0 amide bonds. The maximum absolute atomic E-state index is 10.2. The average molecular weight is 300 g/mol. The van der Waals surface area contributed by atoms with Crippen LogP contribution in [-0.4, -0.2) is 34.0 Å². The van der Waals surface area contributed by atoms with Crippen LogP contribution in [-0.2, 0) is 11.3 Å². The number of benzene rings is 1. The van der Waals surface area contributed by atoms with Crippen molar-refractivity contribution >= 4 is 11.0 Å². The third-order valence-corrected chi connectivity index (χ3v) is 5.46. The minimum Gasteiger partial charge on any atom is -0.389 e. The number of nitrogens with zero attached hydrogens (tertiary/aromatic N) is 2. The molecule has 1 aromatic heterocycles. The van der Waals surface area contributed by atoms with E-state index in [1.807, 2.05) is 28.8 Å². The lowest BCUT2D eigenvalue weighted by atomic mass is 9.90. The number of hydrogen-bond donors (Lipinski definition) is 1. The molecular formula is C18H24N2O2. The van der Waals surface area contributed by atoms with Gasteiger partial charge in [-0.3, -0.25) is 0 Å². The Labute approximate surface area is 131 Å². The fraction of sp³-hybridized carbons (Fsp3) is 0.611. The Bertz CT molecular complexity index is 639. The first-order valence-electron chi connectivity index (χ1n) is 8.45. The number of hydrogen-bond acceptors (Lipinski definition) is 3. The van der Waals surface area contributed by atoms with Crippen LogP contribution in [0.25, 0.3) is 11.0 Å². The molecule has 2 saturated carbocycles. The van der Waals surface area contributed by atoms with Crippen LogP contribution in [0.1, 0.15) is 25.7 Å². The van der Waals surface area contributed by atoms with Crippen LogP contribution in [0.3, 0.4) is 0 Å². The SMILES string of the molecule is O[C@H](COC[C@H]1C[C@H]2CC[C@H]1C2)Cn1cnc2ccccc21. The number of aromatic nitrogens is 2. The number of rotatable bonds is 6. The maximum Gasteiger partial charge on any atom is 0.0959 e. The topological polar surface area (TPSA) is 47.3 Å². The van der Waals surface area contributed by atoms with Crippen LogP contribution in [0.5, 0.6) is 0 Å². The molecule has 4 heteroatoms. The summed E-state index contributed by atoms with van der Waals surface area (Å²) in [6.45, 7) is 1.78. The molecule has 4 nitrogen and oxygen atoms in total. The smallest absolute Gasteiger partial charge is 0.0959 e. The van der Waals surface area contributed by atoms with Gasteiger partial charge in [-0.2, -0.15) is 0 Å². The van der Waals surface area contributed by atoms with Crippen LogP contribution in [0.15, 0.2) is 30.6 Å². The van der Waals surface area contributed by atoms with Crippen molar-refractivity contribution in [1.29, 1.82) is 0 Å². The zero-order chi connectivity index (χ0) is 14.9. The highest BCUT2D eigenvalue weighted by molar-refractivity contribution is 5.74. The van der Waals surface area contributed by atoms with Gasteiger partial charge in [0.15, 0.2) is 0 Å². The van der Waals surface area contributed by atoms with Gasteiger partial charge in [-0.05, 0) is 49.1 Å². The van der Waals surface area contributed by atoms with Gasteiger partial charge < -0.3 is 14.4 Å². The van der Waals surface area contributed by atoms with Gasteiger partial charge in [-0.25, -0.2) is 4.98 Å². The monoisotopic (exact) mass is 300 g/mol. The Hall–Kier alpha value is -1.39. The lowest BCUT2D eigenvalue weighted by Crippen LogP contribution is -2.24. The molecule has 2 bridgehead atoms. The predicted octanol–water partition coefficient (Wildman–Crippen LogP) is 2.85. The molecule has 1 heterocycles. The second-order valence-electron chi connectivity index (χ2n) is 7.01. The summed E-state index contributed by atoms with van der Waals surface area (Å²) in [5.74, 6) is 2.58. The van der Waals surface area contributed by atoms with Gasteiger partial charge in [0, 0.05) is 6.61 Å². The van der Waals surface area contributed by atoms with Crippen molar-refractivity contribution in [1.82, 2.24) is 9.55 Å². The number of imidazole rings is 1. The van der Waals surface area contributed by atoms with Crippen LogP contribution >= 0.6 is 0 Å². The number of aliphatic hydroxyl groups is 1. The Morgan fingerprint density at radius 1 is 1.27 bits per heavy atom. The number of aliphatic hydroxyl groups excluding tert-OH is 1. The van der Waals surface area contributed by atoms with Crippen molar-refractivity contribution in [3.05, 3.63) is 30.6 Å². The molecule has 0 saturated heterocycles. The van der Waals surface area contributed by atoms with Gasteiger partial charge in [-0.1, -0.05) is 18.6 Å². The lowest BCUT2D eigenvalue weighted by molar-refractivity contribution is 0.00622. The molecule has 2 fully saturated rings. The third kappa shape index (κ3) is 2.77. The van der Waals surface area contributed by atoms with Gasteiger partial charge in [0.05, 0.1) is 36.6 Å². The summed E-state index contributed by atoms with van der Waals surface area (Å²) in [5.41, 5.74) is 2.03. The molecule has 0 radical (unpaired) electrons.